The Morgan fingerprint density at radius 2 is 1.83 bits per heavy atom. The van der Waals surface area contributed by atoms with E-state index in [-0.39, 0.29) is 49.7 Å². The van der Waals surface area contributed by atoms with Gasteiger partial charge in [0, 0.05) is 44.0 Å². The van der Waals surface area contributed by atoms with Crippen molar-refractivity contribution >= 4 is 38.0 Å². The second-order valence-electron chi connectivity index (χ2n) is 8.65. The molecule has 2 aromatic rings. The molecular weight excluding hydrogens is 498 g/mol. The van der Waals surface area contributed by atoms with Gasteiger partial charge in [0.15, 0.2) is 11.5 Å². The van der Waals surface area contributed by atoms with Crippen molar-refractivity contribution in [2.75, 3.05) is 37.2 Å². The van der Waals surface area contributed by atoms with Crippen LogP contribution in [0.4, 0.5) is 11.8 Å². The average Bonchev–Trinajstić information content (AvgIpc) is 3.30. The maximum absolute atomic E-state index is 12.8. The number of nitrogens with zero attached hydrogens (tertiary/aromatic N) is 5. The molecular formula is C20H33N7O6S2. The molecule has 0 unspecified atom stereocenters. The molecule has 2 aromatic heterocycles. The first-order chi connectivity index (χ1) is 16.4. The molecule has 35 heavy (non-hydrogen) atoms. The smallest absolute Gasteiger partial charge is 0.304 e. The molecule has 0 aliphatic carbocycles. The lowest BCUT2D eigenvalue weighted by Crippen LogP contribution is -2.45. The fourth-order valence-electron chi connectivity index (χ4n) is 3.49. The number of unbranched alkanes of at least 4 members (excludes halogenated alkanes) is 1. The van der Waals surface area contributed by atoms with Gasteiger partial charge in [0.25, 0.3) is 5.91 Å². The highest BCUT2D eigenvalue weighted by Gasteiger charge is 2.31. The number of amides is 1. The third-order valence-electron chi connectivity index (χ3n) is 5.53. The number of aromatic nitrogens is 3. The summed E-state index contributed by atoms with van der Waals surface area (Å²) in [7, 11) is -7.65. The van der Waals surface area contributed by atoms with E-state index in [9.17, 15) is 21.6 Å². The topological polar surface area (TPSA) is 160 Å². The summed E-state index contributed by atoms with van der Waals surface area (Å²) in [5.41, 5.74) is 0.619. The molecule has 196 valence electrons. The van der Waals surface area contributed by atoms with Crippen molar-refractivity contribution in [2.24, 2.45) is 0 Å². The van der Waals surface area contributed by atoms with Gasteiger partial charge >= 0.3 is 16.2 Å². The van der Waals surface area contributed by atoms with Gasteiger partial charge in [-0.25, -0.2) is 17.4 Å². The molecule has 0 spiro atoms. The summed E-state index contributed by atoms with van der Waals surface area (Å²) >= 11 is 0. The van der Waals surface area contributed by atoms with E-state index in [2.05, 4.69) is 15.4 Å². The number of oxazole rings is 1. The van der Waals surface area contributed by atoms with Crippen LogP contribution in [-0.2, 0) is 20.2 Å². The Bertz CT molecular complexity index is 1240. The molecule has 0 atom stereocenters. The average molecular weight is 532 g/mol. The first-order valence-electron chi connectivity index (χ1n) is 11.5. The van der Waals surface area contributed by atoms with Crippen molar-refractivity contribution in [3.63, 3.8) is 0 Å². The van der Waals surface area contributed by atoms with Gasteiger partial charge < -0.3 is 4.42 Å². The number of nitrogens with one attached hydrogen (secondary N) is 2. The quantitative estimate of drug-likeness (QED) is 0.464. The first-order valence-corrected chi connectivity index (χ1v) is 14.6. The Balaban J connectivity index is 1.62. The van der Waals surface area contributed by atoms with E-state index in [1.54, 1.807) is 4.68 Å². The highest BCUT2D eigenvalue weighted by molar-refractivity contribution is 7.89. The largest absolute Gasteiger partial charge is 0.431 e. The fraction of sp³-hybridized carbons (Fsp3) is 0.650. The molecule has 1 fully saturated rings. The summed E-state index contributed by atoms with van der Waals surface area (Å²) < 4.78 is 61.9. The summed E-state index contributed by atoms with van der Waals surface area (Å²) in [5, 5.41) is 7.26. The SMILES string of the molecule is CCCCS(=O)(=O)N1CCCN(S(=O)(=O)NC(=O)c2coc(Nc3nn(C(C)C)cc3C)n2)CC1. The van der Waals surface area contributed by atoms with Crippen LogP contribution in [0.2, 0.25) is 0 Å². The van der Waals surface area contributed by atoms with Crippen LogP contribution < -0.4 is 10.0 Å². The zero-order valence-corrected chi connectivity index (χ0v) is 22.0. The Hall–Kier alpha value is -2.49. The van der Waals surface area contributed by atoms with Gasteiger partial charge in [0.2, 0.25) is 10.0 Å². The summed E-state index contributed by atoms with van der Waals surface area (Å²) in [4.78, 5) is 16.6. The second kappa shape index (κ2) is 11.1. The van der Waals surface area contributed by atoms with E-state index in [4.69, 9.17) is 4.42 Å². The molecule has 1 aliphatic heterocycles. The molecule has 13 nitrogen and oxygen atoms in total. The minimum Gasteiger partial charge on any atom is -0.431 e. The van der Waals surface area contributed by atoms with Gasteiger partial charge in [-0.2, -0.15) is 22.8 Å². The summed E-state index contributed by atoms with van der Waals surface area (Å²) in [6.07, 6.45) is 4.52. The van der Waals surface area contributed by atoms with Crippen LogP contribution in [0.25, 0.3) is 0 Å². The second-order valence-corrected chi connectivity index (χ2v) is 12.4. The van der Waals surface area contributed by atoms with Crippen molar-refractivity contribution in [3.05, 3.63) is 23.7 Å². The van der Waals surface area contributed by atoms with Crippen LogP contribution in [0.15, 0.2) is 16.9 Å². The van der Waals surface area contributed by atoms with Gasteiger partial charge in [-0.1, -0.05) is 13.3 Å². The molecule has 2 N–H and O–H groups in total. The van der Waals surface area contributed by atoms with E-state index in [1.807, 2.05) is 38.6 Å². The number of sulfonamides is 1. The molecule has 3 rings (SSSR count). The van der Waals surface area contributed by atoms with Crippen LogP contribution >= 0.6 is 0 Å². The van der Waals surface area contributed by atoms with Crippen molar-refractivity contribution < 1.29 is 26.0 Å². The van der Waals surface area contributed by atoms with Crippen molar-refractivity contribution in [1.82, 2.24) is 28.1 Å². The highest BCUT2D eigenvalue weighted by Crippen LogP contribution is 2.20. The Morgan fingerprint density at radius 3 is 2.49 bits per heavy atom. The van der Waals surface area contributed by atoms with Gasteiger partial charge in [-0.05, 0) is 33.6 Å². The Labute approximate surface area is 206 Å². The lowest BCUT2D eigenvalue weighted by Gasteiger charge is -2.21. The summed E-state index contributed by atoms with van der Waals surface area (Å²) in [5.74, 6) is -0.418. The van der Waals surface area contributed by atoms with Gasteiger partial charge in [-0.3, -0.25) is 14.8 Å². The number of anilines is 2. The van der Waals surface area contributed by atoms with Crippen LogP contribution in [0.3, 0.4) is 0 Å². The standard InChI is InChI=1S/C20H33N7O6S2/c1-5-6-12-34(29,30)25-8-7-9-26(11-10-25)35(31,32)24-19(28)17-14-33-20(21-17)22-18-16(4)13-27(23-18)15(2)3/h13-15H,5-12H2,1-4H3,(H,24,28)(H,21,22,23). The van der Waals surface area contributed by atoms with E-state index in [0.717, 1.165) is 22.6 Å². The van der Waals surface area contributed by atoms with E-state index >= 15 is 0 Å². The number of aryl methyl sites for hydroxylation is 1. The molecule has 15 heteroatoms. The molecule has 0 bridgehead atoms. The van der Waals surface area contributed by atoms with Crippen molar-refractivity contribution in [3.8, 4) is 0 Å². The predicted molar refractivity (Wildman–Crippen MR) is 130 cm³/mol. The summed E-state index contributed by atoms with van der Waals surface area (Å²) in [6, 6.07) is 0.148. The molecule has 3 heterocycles. The van der Waals surface area contributed by atoms with E-state index < -0.39 is 26.1 Å². The normalized spacial score (nSPS) is 16.4. The molecule has 0 aromatic carbocycles. The van der Waals surface area contributed by atoms with Crippen LogP contribution in [0.5, 0.6) is 0 Å². The highest BCUT2D eigenvalue weighted by atomic mass is 32.2. The van der Waals surface area contributed by atoms with Gasteiger partial charge in [-0.15, -0.1) is 0 Å². The fourth-order valence-corrected chi connectivity index (χ4v) is 6.32. The lowest BCUT2D eigenvalue weighted by molar-refractivity contribution is 0.0974. The predicted octanol–water partition coefficient (Wildman–Crippen LogP) is 1.62. The van der Waals surface area contributed by atoms with E-state index in [1.165, 1.54) is 4.31 Å². The summed E-state index contributed by atoms with van der Waals surface area (Å²) in [6.45, 7) is 8.02. The monoisotopic (exact) mass is 531 g/mol. The lowest BCUT2D eigenvalue weighted by atomic mass is 10.3. The Morgan fingerprint density at radius 1 is 1.14 bits per heavy atom. The minimum atomic E-state index is -4.21. The van der Waals surface area contributed by atoms with Gasteiger partial charge in [0.1, 0.15) is 6.26 Å². The number of hydrogen-bond acceptors (Lipinski definition) is 9. The number of hydrogen-bond donors (Lipinski definition) is 2. The van der Waals surface area contributed by atoms with E-state index in [0.29, 0.717) is 18.7 Å². The zero-order chi connectivity index (χ0) is 25.8. The molecule has 1 amide bonds. The van der Waals surface area contributed by atoms with Crippen LogP contribution in [-0.4, -0.2) is 78.0 Å². The van der Waals surface area contributed by atoms with Crippen LogP contribution in [0.1, 0.15) is 62.1 Å². The molecule has 1 aliphatic rings. The molecule has 0 radical (unpaired) electrons. The Kier molecular flexibility index (Phi) is 8.56. The first kappa shape index (κ1) is 27.1. The minimum absolute atomic E-state index is 0.00708. The van der Waals surface area contributed by atoms with Crippen molar-refractivity contribution in [1.29, 1.82) is 0 Å². The van der Waals surface area contributed by atoms with Crippen LogP contribution in [0, 0.1) is 6.92 Å². The third-order valence-corrected chi connectivity index (χ3v) is 8.98. The maximum Gasteiger partial charge on any atom is 0.304 e. The number of carbonyl (C=O) groups excluding carboxylic acids is 1. The number of carbonyl (C=O) groups is 1. The van der Waals surface area contributed by atoms with Crippen molar-refractivity contribution in [2.45, 2.75) is 53.0 Å². The van der Waals surface area contributed by atoms with Gasteiger partial charge in [0.05, 0.1) is 5.75 Å². The zero-order valence-electron chi connectivity index (χ0n) is 20.4. The maximum atomic E-state index is 12.8. The third kappa shape index (κ3) is 6.80. The number of rotatable bonds is 10. The molecule has 1 saturated heterocycles. The molecule has 0 saturated carbocycles.